The fraction of sp³-hybridized carbons (Fsp3) is 0.286. The highest BCUT2D eigenvalue weighted by Crippen LogP contribution is 2.26. The van der Waals surface area contributed by atoms with E-state index in [2.05, 4.69) is 29.9 Å². The molecule has 1 fully saturated rings. The smallest absolute Gasteiger partial charge is 0.298 e. The van der Waals surface area contributed by atoms with Crippen molar-refractivity contribution in [1.82, 2.24) is 34.6 Å². The number of nitrogens with zero attached hydrogens (tertiary/aromatic N) is 6. The van der Waals surface area contributed by atoms with Crippen LogP contribution in [-0.2, 0) is 6.54 Å². The number of aromatic amines is 1. The second-order valence-corrected chi connectivity index (χ2v) is 7.42. The van der Waals surface area contributed by atoms with Crippen molar-refractivity contribution in [1.29, 1.82) is 0 Å². The van der Waals surface area contributed by atoms with Crippen molar-refractivity contribution in [3.8, 4) is 5.69 Å². The third-order valence-corrected chi connectivity index (χ3v) is 5.43. The molecular weight excluding hydrogens is 366 g/mol. The molecule has 8 heteroatoms. The number of H-pyrrole nitrogens is 1. The van der Waals surface area contributed by atoms with Gasteiger partial charge < -0.3 is 0 Å². The molecule has 0 bridgehead atoms. The van der Waals surface area contributed by atoms with Crippen molar-refractivity contribution < 1.29 is 0 Å². The number of benzene rings is 1. The van der Waals surface area contributed by atoms with Crippen LogP contribution < -0.4 is 5.69 Å². The summed E-state index contributed by atoms with van der Waals surface area (Å²) in [5, 5.41) is 6.61. The summed E-state index contributed by atoms with van der Waals surface area (Å²) < 4.78 is 1.47. The van der Waals surface area contributed by atoms with Gasteiger partial charge in [0.25, 0.3) is 0 Å². The van der Waals surface area contributed by atoms with Gasteiger partial charge >= 0.3 is 5.69 Å². The standard InChI is InChI=1S/C21H21N7O/c29-21-25-20(17-4-2-8-27(13-17)12-15-9-23-14-24-10-15)26-28(21)19-5-1-3-16-11-22-7-6-18(16)19/h1,3,5-7,9-11,14,17H,2,4,8,12-13H2,(H,25,26,29). The first-order valence-corrected chi connectivity index (χ1v) is 9.76. The SMILES string of the molecule is O=c1[nH]c(C2CCCN(Cc3cncnc3)C2)nn1-c1cccc2cnccc12. The molecule has 1 unspecified atom stereocenters. The molecular formula is C21H21N7O. The van der Waals surface area contributed by atoms with Crippen LogP contribution in [0.1, 0.15) is 30.1 Å². The van der Waals surface area contributed by atoms with Crippen LogP contribution in [0.2, 0.25) is 0 Å². The molecule has 1 aliphatic heterocycles. The van der Waals surface area contributed by atoms with E-state index in [0.29, 0.717) is 0 Å². The van der Waals surface area contributed by atoms with Gasteiger partial charge in [-0.2, -0.15) is 4.68 Å². The van der Waals surface area contributed by atoms with E-state index >= 15 is 0 Å². The van der Waals surface area contributed by atoms with Crippen LogP contribution in [0.4, 0.5) is 0 Å². The van der Waals surface area contributed by atoms with Crippen LogP contribution >= 0.6 is 0 Å². The maximum atomic E-state index is 12.7. The molecule has 3 aromatic heterocycles. The topological polar surface area (TPSA) is 92.6 Å². The Morgan fingerprint density at radius 3 is 2.90 bits per heavy atom. The van der Waals surface area contributed by atoms with E-state index in [1.54, 1.807) is 18.7 Å². The van der Waals surface area contributed by atoms with E-state index in [9.17, 15) is 4.79 Å². The molecule has 1 N–H and O–H groups in total. The predicted molar refractivity (Wildman–Crippen MR) is 109 cm³/mol. The normalized spacial score (nSPS) is 17.6. The highest BCUT2D eigenvalue weighted by molar-refractivity contribution is 5.89. The minimum Gasteiger partial charge on any atom is -0.298 e. The first kappa shape index (κ1) is 17.7. The summed E-state index contributed by atoms with van der Waals surface area (Å²) in [5.41, 5.74) is 1.65. The fourth-order valence-electron chi connectivity index (χ4n) is 4.07. The van der Waals surface area contributed by atoms with E-state index < -0.39 is 0 Å². The van der Waals surface area contributed by atoms with Crippen LogP contribution in [0, 0.1) is 0 Å². The zero-order chi connectivity index (χ0) is 19.6. The number of nitrogens with one attached hydrogen (secondary N) is 1. The first-order chi connectivity index (χ1) is 14.3. The molecule has 1 aliphatic rings. The number of fused-ring (bicyclic) bond motifs is 1. The second kappa shape index (κ2) is 7.56. The van der Waals surface area contributed by atoms with Crippen molar-refractivity contribution in [2.45, 2.75) is 25.3 Å². The lowest BCUT2D eigenvalue weighted by atomic mass is 9.97. The van der Waals surface area contributed by atoms with Crippen molar-refractivity contribution in [3.63, 3.8) is 0 Å². The van der Waals surface area contributed by atoms with Gasteiger partial charge in [0.05, 0.1) is 5.69 Å². The molecule has 1 atom stereocenters. The summed E-state index contributed by atoms with van der Waals surface area (Å²) in [6.07, 6.45) is 10.8. The number of rotatable bonds is 4. The van der Waals surface area contributed by atoms with Crippen LogP contribution in [0.15, 0.2) is 60.2 Å². The quantitative estimate of drug-likeness (QED) is 0.578. The van der Waals surface area contributed by atoms with Gasteiger partial charge in [-0.25, -0.2) is 14.8 Å². The Balaban J connectivity index is 1.42. The molecule has 4 aromatic rings. The first-order valence-electron chi connectivity index (χ1n) is 9.76. The summed E-state index contributed by atoms with van der Waals surface area (Å²) >= 11 is 0. The molecule has 5 rings (SSSR count). The number of pyridine rings is 1. The lowest BCUT2D eigenvalue weighted by Crippen LogP contribution is -2.34. The van der Waals surface area contributed by atoms with E-state index in [4.69, 9.17) is 0 Å². The summed E-state index contributed by atoms with van der Waals surface area (Å²) in [5.74, 6) is 0.939. The Hall–Kier alpha value is -3.39. The number of hydrogen-bond donors (Lipinski definition) is 1. The zero-order valence-corrected chi connectivity index (χ0v) is 15.9. The highest BCUT2D eigenvalue weighted by Gasteiger charge is 2.25. The molecule has 0 radical (unpaired) electrons. The Labute approximate surface area is 167 Å². The largest absolute Gasteiger partial charge is 0.348 e. The van der Waals surface area contributed by atoms with Gasteiger partial charge in [0.2, 0.25) is 0 Å². The van der Waals surface area contributed by atoms with Crippen molar-refractivity contribution >= 4 is 10.8 Å². The van der Waals surface area contributed by atoms with Gasteiger partial charge in [-0.3, -0.25) is 14.9 Å². The number of piperidine rings is 1. The Morgan fingerprint density at radius 1 is 1.10 bits per heavy atom. The number of likely N-dealkylation sites (tertiary alicyclic amines) is 1. The van der Waals surface area contributed by atoms with Crippen LogP contribution in [0.25, 0.3) is 16.5 Å². The molecule has 29 heavy (non-hydrogen) atoms. The molecule has 0 spiro atoms. The van der Waals surface area contributed by atoms with Gasteiger partial charge in [0, 0.05) is 60.1 Å². The van der Waals surface area contributed by atoms with Crippen molar-refractivity contribution in [2.24, 2.45) is 0 Å². The maximum Gasteiger partial charge on any atom is 0.348 e. The van der Waals surface area contributed by atoms with Gasteiger partial charge in [-0.15, -0.1) is 5.10 Å². The van der Waals surface area contributed by atoms with Gasteiger partial charge in [0.15, 0.2) is 0 Å². The molecule has 4 heterocycles. The highest BCUT2D eigenvalue weighted by atomic mass is 16.1. The maximum absolute atomic E-state index is 12.7. The minimum atomic E-state index is -0.210. The van der Waals surface area contributed by atoms with E-state index in [0.717, 1.165) is 60.3 Å². The van der Waals surface area contributed by atoms with Crippen molar-refractivity contribution in [2.75, 3.05) is 13.1 Å². The Kier molecular flexibility index (Phi) is 4.61. The summed E-state index contributed by atoms with van der Waals surface area (Å²) in [7, 11) is 0. The average Bonchev–Trinajstić information content (AvgIpc) is 3.16. The molecule has 0 saturated carbocycles. The van der Waals surface area contributed by atoms with Crippen LogP contribution in [0.5, 0.6) is 0 Å². The summed E-state index contributed by atoms with van der Waals surface area (Å²) in [4.78, 5) is 30.4. The molecule has 0 amide bonds. The molecule has 1 aromatic carbocycles. The third-order valence-electron chi connectivity index (χ3n) is 5.43. The monoisotopic (exact) mass is 387 g/mol. The van der Waals surface area contributed by atoms with E-state index in [1.165, 1.54) is 4.68 Å². The van der Waals surface area contributed by atoms with Crippen molar-refractivity contribution in [3.05, 3.63) is 77.3 Å². The van der Waals surface area contributed by atoms with Gasteiger partial charge in [-0.1, -0.05) is 12.1 Å². The number of hydrogen-bond acceptors (Lipinski definition) is 6. The van der Waals surface area contributed by atoms with Crippen LogP contribution in [0.3, 0.4) is 0 Å². The molecule has 1 saturated heterocycles. The van der Waals surface area contributed by atoms with Gasteiger partial charge in [-0.05, 0) is 31.5 Å². The summed E-state index contributed by atoms with van der Waals surface area (Å²) in [6, 6.07) is 7.73. The van der Waals surface area contributed by atoms with Gasteiger partial charge in [0.1, 0.15) is 12.2 Å². The minimum absolute atomic E-state index is 0.193. The summed E-state index contributed by atoms with van der Waals surface area (Å²) in [6.45, 7) is 2.67. The van der Waals surface area contributed by atoms with E-state index in [1.807, 2.05) is 36.7 Å². The lowest BCUT2D eigenvalue weighted by molar-refractivity contribution is 0.196. The Morgan fingerprint density at radius 2 is 2.00 bits per heavy atom. The predicted octanol–water partition coefficient (Wildman–Crippen LogP) is 2.28. The molecule has 146 valence electrons. The molecule has 0 aliphatic carbocycles. The lowest BCUT2D eigenvalue weighted by Gasteiger charge is -2.31. The zero-order valence-electron chi connectivity index (χ0n) is 15.9. The molecule has 8 nitrogen and oxygen atoms in total. The fourth-order valence-corrected chi connectivity index (χ4v) is 4.07. The number of aromatic nitrogens is 6. The third kappa shape index (κ3) is 3.54. The van der Waals surface area contributed by atoms with E-state index in [-0.39, 0.29) is 11.6 Å². The Bertz CT molecular complexity index is 1180. The second-order valence-electron chi connectivity index (χ2n) is 7.42. The average molecular weight is 387 g/mol. The van der Waals surface area contributed by atoms with Crippen LogP contribution in [-0.4, -0.2) is 47.7 Å².